The molecule has 0 bridgehead atoms. The van der Waals surface area contributed by atoms with Crippen LogP contribution in [-0.4, -0.2) is 28.3 Å². The summed E-state index contributed by atoms with van der Waals surface area (Å²) < 4.78 is 6.60. The molecule has 0 unspecified atom stereocenters. The summed E-state index contributed by atoms with van der Waals surface area (Å²) >= 11 is 5.88. The Labute approximate surface area is 168 Å². The van der Waals surface area contributed by atoms with E-state index in [1.54, 1.807) is 19.1 Å². The minimum absolute atomic E-state index is 0.213. The molecule has 2 aromatic carbocycles. The summed E-state index contributed by atoms with van der Waals surface area (Å²) in [5.74, 6) is -0.457. The lowest BCUT2D eigenvalue weighted by Crippen LogP contribution is -2.18. The number of halogens is 1. The van der Waals surface area contributed by atoms with Crippen LogP contribution in [0.4, 0.5) is 5.82 Å². The molecule has 0 radical (unpaired) electrons. The van der Waals surface area contributed by atoms with Gasteiger partial charge in [0, 0.05) is 11.4 Å². The standard InChI is InChI=1S/C21H20ClN3O3/c1-2-28-21(27)18-14-23-25(17-6-4-3-5-7-17)20(18)24-19(26)13-10-15-8-11-16(22)12-9-15/h3-9,11-12,14H,2,10,13H2,1H3,(H,24,26). The number of benzene rings is 2. The van der Waals surface area contributed by atoms with Gasteiger partial charge in [-0.05, 0) is 43.2 Å². The van der Waals surface area contributed by atoms with E-state index >= 15 is 0 Å². The predicted octanol–water partition coefficient (Wildman–Crippen LogP) is 4.27. The van der Waals surface area contributed by atoms with Crippen LogP contribution in [0.1, 0.15) is 29.3 Å². The Kier molecular flexibility index (Phi) is 6.45. The number of nitrogens with zero attached hydrogens (tertiary/aromatic N) is 2. The van der Waals surface area contributed by atoms with Crippen molar-refractivity contribution < 1.29 is 14.3 Å². The van der Waals surface area contributed by atoms with Gasteiger partial charge in [-0.1, -0.05) is 41.9 Å². The first-order chi connectivity index (χ1) is 13.6. The fourth-order valence-corrected chi connectivity index (χ4v) is 2.82. The predicted molar refractivity (Wildman–Crippen MR) is 108 cm³/mol. The summed E-state index contributed by atoms with van der Waals surface area (Å²) in [5, 5.41) is 7.72. The van der Waals surface area contributed by atoms with E-state index in [1.165, 1.54) is 10.9 Å². The second-order valence-corrected chi connectivity index (χ2v) is 6.49. The first-order valence-electron chi connectivity index (χ1n) is 8.93. The summed E-state index contributed by atoms with van der Waals surface area (Å²) in [4.78, 5) is 24.8. The quantitative estimate of drug-likeness (QED) is 0.604. The molecule has 1 aromatic heterocycles. The van der Waals surface area contributed by atoms with Crippen molar-refractivity contribution in [2.24, 2.45) is 0 Å². The topological polar surface area (TPSA) is 73.2 Å². The molecule has 144 valence electrons. The van der Waals surface area contributed by atoms with Crippen molar-refractivity contribution in [1.29, 1.82) is 0 Å². The van der Waals surface area contributed by atoms with Crippen molar-refractivity contribution in [2.75, 3.05) is 11.9 Å². The zero-order valence-electron chi connectivity index (χ0n) is 15.4. The lowest BCUT2D eigenvalue weighted by atomic mass is 10.1. The molecule has 3 rings (SSSR count). The Morgan fingerprint density at radius 1 is 1.11 bits per heavy atom. The monoisotopic (exact) mass is 397 g/mol. The molecule has 3 aromatic rings. The van der Waals surface area contributed by atoms with Crippen molar-refractivity contribution in [1.82, 2.24) is 9.78 Å². The molecule has 1 heterocycles. The third kappa shape index (κ3) is 4.78. The first kappa shape index (κ1) is 19.6. The Morgan fingerprint density at radius 3 is 2.50 bits per heavy atom. The lowest BCUT2D eigenvalue weighted by Gasteiger charge is -2.11. The minimum atomic E-state index is -0.530. The number of hydrogen-bond acceptors (Lipinski definition) is 4. The first-order valence-corrected chi connectivity index (χ1v) is 9.31. The summed E-state index contributed by atoms with van der Waals surface area (Å²) in [6.45, 7) is 1.96. The number of aromatic nitrogens is 2. The number of anilines is 1. The number of esters is 1. The van der Waals surface area contributed by atoms with Crippen LogP contribution in [0.5, 0.6) is 0 Å². The molecule has 7 heteroatoms. The van der Waals surface area contributed by atoms with Crippen molar-refractivity contribution in [2.45, 2.75) is 19.8 Å². The zero-order valence-corrected chi connectivity index (χ0v) is 16.1. The van der Waals surface area contributed by atoms with Gasteiger partial charge in [0.25, 0.3) is 0 Å². The van der Waals surface area contributed by atoms with E-state index in [0.717, 1.165) is 11.3 Å². The average Bonchev–Trinajstić information content (AvgIpc) is 3.12. The minimum Gasteiger partial charge on any atom is -0.462 e. The number of amides is 1. The van der Waals surface area contributed by atoms with Crippen molar-refractivity contribution >= 4 is 29.3 Å². The fraction of sp³-hybridized carbons (Fsp3) is 0.190. The van der Waals surface area contributed by atoms with Gasteiger partial charge >= 0.3 is 5.97 Å². The number of para-hydroxylation sites is 1. The molecule has 0 atom stereocenters. The highest BCUT2D eigenvalue weighted by molar-refractivity contribution is 6.30. The molecule has 0 aliphatic carbocycles. The van der Waals surface area contributed by atoms with Crippen molar-refractivity contribution in [3.8, 4) is 5.69 Å². The molecule has 0 fully saturated rings. The van der Waals surface area contributed by atoms with Gasteiger partial charge < -0.3 is 10.1 Å². The van der Waals surface area contributed by atoms with Crippen LogP contribution in [0, 0.1) is 0 Å². The molecule has 0 spiro atoms. The molecule has 0 aliphatic heterocycles. The molecule has 1 N–H and O–H groups in total. The molecule has 0 saturated heterocycles. The second kappa shape index (κ2) is 9.19. The Hall–Kier alpha value is -3.12. The third-order valence-electron chi connectivity index (χ3n) is 4.08. The smallest absolute Gasteiger partial charge is 0.343 e. The van der Waals surface area contributed by atoms with Gasteiger partial charge in [0.1, 0.15) is 5.56 Å². The Balaban J connectivity index is 1.80. The van der Waals surface area contributed by atoms with Crippen LogP contribution >= 0.6 is 11.6 Å². The van der Waals surface area contributed by atoms with E-state index in [1.807, 2.05) is 42.5 Å². The van der Waals surface area contributed by atoms with E-state index in [9.17, 15) is 9.59 Å². The number of ether oxygens (including phenoxy) is 1. The van der Waals surface area contributed by atoms with Gasteiger partial charge in [0.15, 0.2) is 5.82 Å². The van der Waals surface area contributed by atoms with Crippen LogP contribution in [0.3, 0.4) is 0 Å². The van der Waals surface area contributed by atoms with Gasteiger partial charge in [-0.2, -0.15) is 5.10 Å². The maximum absolute atomic E-state index is 12.5. The molecular formula is C21H20ClN3O3. The fourth-order valence-electron chi connectivity index (χ4n) is 2.70. The third-order valence-corrected chi connectivity index (χ3v) is 4.33. The summed E-state index contributed by atoms with van der Waals surface area (Å²) in [6.07, 6.45) is 2.21. The van der Waals surface area contributed by atoms with Gasteiger partial charge in [0.05, 0.1) is 18.5 Å². The number of hydrogen-bond donors (Lipinski definition) is 1. The second-order valence-electron chi connectivity index (χ2n) is 6.05. The van der Waals surface area contributed by atoms with Crippen molar-refractivity contribution in [3.63, 3.8) is 0 Å². The average molecular weight is 398 g/mol. The van der Waals surface area contributed by atoms with Gasteiger partial charge in [-0.15, -0.1) is 0 Å². The SMILES string of the molecule is CCOC(=O)c1cnn(-c2ccccc2)c1NC(=O)CCc1ccc(Cl)cc1. The molecule has 0 aliphatic rings. The number of aryl methyl sites for hydroxylation is 1. The Bertz CT molecular complexity index is 953. The van der Waals surface area contributed by atoms with E-state index in [0.29, 0.717) is 17.3 Å². The summed E-state index contributed by atoms with van der Waals surface area (Å²) in [6, 6.07) is 16.6. The van der Waals surface area contributed by atoms with Gasteiger partial charge in [0.2, 0.25) is 5.91 Å². The number of nitrogens with one attached hydrogen (secondary N) is 1. The van der Waals surface area contributed by atoms with Gasteiger partial charge in [-0.25, -0.2) is 9.48 Å². The van der Waals surface area contributed by atoms with Crippen LogP contribution < -0.4 is 5.32 Å². The summed E-state index contributed by atoms with van der Waals surface area (Å²) in [7, 11) is 0. The molecule has 0 saturated carbocycles. The normalized spacial score (nSPS) is 10.5. The van der Waals surface area contributed by atoms with E-state index in [-0.39, 0.29) is 24.5 Å². The highest BCUT2D eigenvalue weighted by Crippen LogP contribution is 2.22. The number of rotatable bonds is 7. The summed E-state index contributed by atoms with van der Waals surface area (Å²) in [5.41, 5.74) is 1.94. The van der Waals surface area contributed by atoms with Crippen LogP contribution in [0.25, 0.3) is 5.69 Å². The molecular weight excluding hydrogens is 378 g/mol. The highest BCUT2D eigenvalue weighted by Gasteiger charge is 2.21. The molecule has 1 amide bonds. The van der Waals surface area contributed by atoms with Crippen LogP contribution in [0.15, 0.2) is 60.8 Å². The molecule has 6 nitrogen and oxygen atoms in total. The largest absolute Gasteiger partial charge is 0.462 e. The van der Waals surface area contributed by atoms with Crippen molar-refractivity contribution in [3.05, 3.63) is 76.9 Å². The van der Waals surface area contributed by atoms with Crippen LogP contribution in [0.2, 0.25) is 5.02 Å². The lowest BCUT2D eigenvalue weighted by molar-refractivity contribution is -0.116. The van der Waals surface area contributed by atoms with Gasteiger partial charge in [-0.3, -0.25) is 4.79 Å². The molecule has 28 heavy (non-hydrogen) atoms. The maximum atomic E-state index is 12.5. The highest BCUT2D eigenvalue weighted by atomic mass is 35.5. The van der Waals surface area contributed by atoms with E-state index in [2.05, 4.69) is 10.4 Å². The van der Waals surface area contributed by atoms with Crippen LogP contribution in [-0.2, 0) is 16.0 Å². The number of carbonyl (C=O) groups is 2. The van der Waals surface area contributed by atoms with E-state index < -0.39 is 5.97 Å². The maximum Gasteiger partial charge on any atom is 0.343 e. The zero-order chi connectivity index (χ0) is 19.9. The van der Waals surface area contributed by atoms with E-state index in [4.69, 9.17) is 16.3 Å². The Morgan fingerprint density at radius 2 is 1.82 bits per heavy atom. The number of carbonyl (C=O) groups excluding carboxylic acids is 2.